The van der Waals surface area contributed by atoms with E-state index in [1.54, 1.807) is 19.2 Å². The minimum absolute atomic E-state index is 0.431. The largest absolute Gasteiger partial charge is 0.496 e. The molecule has 3 rings (SSSR count). The Bertz CT molecular complexity index is 775. The van der Waals surface area contributed by atoms with Crippen molar-refractivity contribution < 1.29 is 9.53 Å². The van der Waals surface area contributed by atoms with E-state index < -0.39 is 5.91 Å². The van der Waals surface area contributed by atoms with Crippen LogP contribution in [0.5, 0.6) is 5.75 Å². The summed E-state index contributed by atoms with van der Waals surface area (Å²) in [6.07, 6.45) is 0.594. The zero-order chi connectivity index (χ0) is 14.8. The van der Waals surface area contributed by atoms with Gasteiger partial charge in [-0.15, -0.1) is 0 Å². The molecule has 0 radical (unpaired) electrons. The molecule has 0 aliphatic rings. The third kappa shape index (κ3) is 2.58. The number of H-pyrrole nitrogens is 1. The Morgan fingerprint density at radius 3 is 2.81 bits per heavy atom. The van der Waals surface area contributed by atoms with Crippen LogP contribution in [0.4, 0.5) is 0 Å². The fourth-order valence-electron chi connectivity index (χ4n) is 2.31. The smallest absolute Gasteiger partial charge is 0.248 e. The van der Waals surface area contributed by atoms with Gasteiger partial charge in [0.15, 0.2) is 0 Å². The highest BCUT2D eigenvalue weighted by Crippen LogP contribution is 2.23. The molecule has 0 aliphatic heterocycles. The summed E-state index contributed by atoms with van der Waals surface area (Å²) in [5.74, 6) is 1.01. The van der Waals surface area contributed by atoms with Crippen LogP contribution in [0, 0.1) is 0 Å². The van der Waals surface area contributed by atoms with Crippen LogP contribution in [0.3, 0.4) is 0 Å². The number of aromatic nitrogens is 2. The third-order valence-corrected chi connectivity index (χ3v) is 3.37. The summed E-state index contributed by atoms with van der Waals surface area (Å²) in [5, 5.41) is 0. The van der Waals surface area contributed by atoms with Crippen LogP contribution in [0.25, 0.3) is 11.0 Å². The summed E-state index contributed by atoms with van der Waals surface area (Å²) in [7, 11) is 1.57. The molecule has 1 aromatic heterocycles. The number of ether oxygens (including phenoxy) is 1. The van der Waals surface area contributed by atoms with Gasteiger partial charge in [0.25, 0.3) is 0 Å². The van der Waals surface area contributed by atoms with Gasteiger partial charge in [-0.3, -0.25) is 4.79 Å². The van der Waals surface area contributed by atoms with E-state index in [2.05, 4.69) is 9.97 Å². The van der Waals surface area contributed by atoms with Crippen LogP contribution < -0.4 is 10.5 Å². The normalized spacial score (nSPS) is 10.7. The number of carbonyl (C=O) groups excluding carboxylic acids is 1. The first-order valence-corrected chi connectivity index (χ1v) is 6.57. The molecule has 1 amide bonds. The number of fused-ring (bicyclic) bond motifs is 1. The highest BCUT2D eigenvalue weighted by Gasteiger charge is 2.10. The number of methoxy groups -OCH3 is 1. The minimum Gasteiger partial charge on any atom is -0.496 e. The summed E-state index contributed by atoms with van der Waals surface area (Å²) in [6, 6.07) is 13.1. The van der Waals surface area contributed by atoms with Crippen molar-refractivity contribution in [1.29, 1.82) is 0 Å². The zero-order valence-electron chi connectivity index (χ0n) is 11.6. The molecule has 5 heteroatoms. The molecule has 21 heavy (non-hydrogen) atoms. The van der Waals surface area contributed by atoms with Crippen molar-refractivity contribution in [2.45, 2.75) is 6.42 Å². The fourth-order valence-corrected chi connectivity index (χ4v) is 2.31. The predicted molar refractivity (Wildman–Crippen MR) is 80.4 cm³/mol. The van der Waals surface area contributed by atoms with Crippen molar-refractivity contribution in [2.24, 2.45) is 5.73 Å². The number of rotatable bonds is 4. The quantitative estimate of drug-likeness (QED) is 0.769. The Hall–Kier alpha value is -2.82. The SMILES string of the molecule is COc1cc(C(N)=O)ccc1Cc1nc2ccccc2[nH]1. The molecule has 2 aromatic carbocycles. The molecule has 3 aromatic rings. The number of benzene rings is 2. The molecule has 0 bridgehead atoms. The lowest BCUT2D eigenvalue weighted by Crippen LogP contribution is -2.11. The topological polar surface area (TPSA) is 81.0 Å². The molecule has 106 valence electrons. The highest BCUT2D eigenvalue weighted by atomic mass is 16.5. The number of carbonyl (C=O) groups is 1. The third-order valence-electron chi connectivity index (χ3n) is 3.37. The Morgan fingerprint density at radius 2 is 2.10 bits per heavy atom. The predicted octanol–water partition coefficient (Wildman–Crippen LogP) is 2.26. The summed E-state index contributed by atoms with van der Waals surface area (Å²) in [6.45, 7) is 0. The Balaban J connectivity index is 1.95. The first kappa shape index (κ1) is 13.2. The standard InChI is InChI=1S/C16H15N3O2/c1-21-14-8-11(16(17)20)7-6-10(14)9-15-18-12-4-2-3-5-13(12)19-15/h2-8H,9H2,1H3,(H2,17,20)(H,18,19). The number of primary amides is 1. The average molecular weight is 281 g/mol. The van der Waals surface area contributed by atoms with Crippen LogP contribution in [0.1, 0.15) is 21.7 Å². The second-order valence-corrected chi connectivity index (χ2v) is 4.77. The van der Waals surface area contributed by atoms with Crippen LogP contribution in [-0.4, -0.2) is 23.0 Å². The molecule has 3 N–H and O–H groups in total. The molecule has 0 spiro atoms. The number of amides is 1. The number of nitrogens with two attached hydrogens (primary N) is 1. The summed E-state index contributed by atoms with van der Waals surface area (Å²) in [4.78, 5) is 19.0. The Labute approximate surface area is 121 Å². The van der Waals surface area contributed by atoms with E-state index in [0.29, 0.717) is 17.7 Å². The van der Waals surface area contributed by atoms with Crippen molar-refractivity contribution >= 4 is 16.9 Å². The molecule has 0 unspecified atom stereocenters. The number of nitrogens with one attached hydrogen (secondary N) is 1. The number of aromatic amines is 1. The van der Waals surface area contributed by atoms with Crippen molar-refractivity contribution in [3.8, 4) is 5.75 Å². The lowest BCUT2D eigenvalue weighted by atomic mass is 10.1. The van der Waals surface area contributed by atoms with Crippen molar-refractivity contribution in [2.75, 3.05) is 7.11 Å². The van der Waals surface area contributed by atoms with Crippen LogP contribution in [-0.2, 0) is 6.42 Å². The Morgan fingerprint density at radius 1 is 1.29 bits per heavy atom. The number of imidazole rings is 1. The average Bonchev–Trinajstić information content (AvgIpc) is 2.89. The fraction of sp³-hybridized carbons (Fsp3) is 0.125. The van der Waals surface area contributed by atoms with Gasteiger partial charge < -0.3 is 15.5 Å². The molecule has 0 saturated carbocycles. The number of para-hydroxylation sites is 2. The second kappa shape index (κ2) is 5.28. The molecule has 0 atom stereocenters. The summed E-state index contributed by atoms with van der Waals surface area (Å²) in [5.41, 5.74) is 8.59. The summed E-state index contributed by atoms with van der Waals surface area (Å²) >= 11 is 0. The number of hydrogen-bond acceptors (Lipinski definition) is 3. The van der Waals surface area contributed by atoms with Gasteiger partial charge in [-0.1, -0.05) is 18.2 Å². The van der Waals surface area contributed by atoms with E-state index in [0.717, 1.165) is 22.4 Å². The van der Waals surface area contributed by atoms with Gasteiger partial charge in [-0.25, -0.2) is 4.98 Å². The lowest BCUT2D eigenvalue weighted by Gasteiger charge is -2.08. The van der Waals surface area contributed by atoms with E-state index in [4.69, 9.17) is 10.5 Å². The Kier molecular flexibility index (Phi) is 3.31. The number of nitrogens with zero attached hydrogens (tertiary/aromatic N) is 1. The second-order valence-electron chi connectivity index (χ2n) is 4.77. The molecule has 0 fully saturated rings. The van der Waals surface area contributed by atoms with Crippen LogP contribution in [0.15, 0.2) is 42.5 Å². The molecular weight excluding hydrogens is 266 g/mol. The molecular formula is C16H15N3O2. The molecule has 1 heterocycles. The van der Waals surface area contributed by atoms with E-state index in [-0.39, 0.29) is 0 Å². The molecule has 5 nitrogen and oxygen atoms in total. The first-order chi connectivity index (χ1) is 10.2. The zero-order valence-corrected chi connectivity index (χ0v) is 11.6. The van der Waals surface area contributed by atoms with Gasteiger partial charge >= 0.3 is 0 Å². The van der Waals surface area contributed by atoms with E-state index in [1.807, 2.05) is 30.3 Å². The van der Waals surface area contributed by atoms with Crippen LogP contribution in [0.2, 0.25) is 0 Å². The highest BCUT2D eigenvalue weighted by molar-refractivity contribution is 5.93. The maximum atomic E-state index is 11.2. The van der Waals surface area contributed by atoms with E-state index in [1.165, 1.54) is 0 Å². The maximum Gasteiger partial charge on any atom is 0.248 e. The van der Waals surface area contributed by atoms with Gasteiger partial charge in [-0.2, -0.15) is 0 Å². The maximum absolute atomic E-state index is 11.2. The van der Waals surface area contributed by atoms with Gasteiger partial charge in [0.2, 0.25) is 5.91 Å². The van der Waals surface area contributed by atoms with Gasteiger partial charge in [-0.05, 0) is 24.3 Å². The number of hydrogen-bond donors (Lipinski definition) is 2. The van der Waals surface area contributed by atoms with E-state index in [9.17, 15) is 4.79 Å². The molecule has 0 saturated heterocycles. The van der Waals surface area contributed by atoms with Gasteiger partial charge in [0.05, 0.1) is 18.1 Å². The van der Waals surface area contributed by atoms with Crippen molar-refractivity contribution in [1.82, 2.24) is 9.97 Å². The van der Waals surface area contributed by atoms with Gasteiger partial charge in [0, 0.05) is 17.5 Å². The first-order valence-electron chi connectivity index (χ1n) is 6.57. The monoisotopic (exact) mass is 281 g/mol. The van der Waals surface area contributed by atoms with Crippen molar-refractivity contribution in [3.63, 3.8) is 0 Å². The van der Waals surface area contributed by atoms with Crippen molar-refractivity contribution in [3.05, 3.63) is 59.4 Å². The lowest BCUT2D eigenvalue weighted by molar-refractivity contribution is 0.1000. The molecule has 0 aliphatic carbocycles. The van der Waals surface area contributed by atoms with E-state index >= 15 is 0 Å². The minimum atomic E-state index is -0.469. The van der Waals surface area contributed by atoms with Gasteiger partial charge in [0.1, 0.15) is 11.6 Å². The van der Waals surface area contributed by atoms with Crippen LogP contribution >= 0.6 is 0 Å². The summed E-state index contributed by atoms with van der Waals surface area (Å²) < 4.78 is 5.33.